The molecule has 0 radical (unpaired) electrons. The van der Waals surface area contributed by atoms with Crippen LogP contribution < -0.4 is 10.6 Å². The van der Waals surface area contributed by atoms with Crippen molar-refractivity contribution >= 4 is 11.5 Å². The van der Waals surface area contributed by atoms with Crippen LogP contribution in [0.2, 0.25) is 0 Å². The van der Waals surface area contributed by atoms with Gasteiger partial charge in [0.25, 0.3) is 0 Å². The molecule has 24 heavy (non-hydrogen) atoms. The van der Waals surface area contributed by atoms with E-state index in [9.17, 15) is 5.26 Å². The number of aromatic nitrogens is 2. The zero-order chi connectivity index (χ0) is 16.8. The zero-order valence-corrected chi connectivity index (χ0v) is 13.7. The van der Waals surface area contributed by atoms with Crippen LogP contribution in [0, 0.1) is 24.2 Å². The van der Waals surface area contributed by atoms with Gasteiger partial charge >= 0.3 is 0 Å². The SMILES string of the molecule is Cc1cnc(NCC2CCOCC2)nc1/C(C#N)=C1/C=CC=CN1. The monoisotopic (exact) mass is 323 g/mol. The Morgan fingerprint density at radius 1 is 1.42 bits per heavy atom. The lowest BCUT2D eigenvalue weighted by Gasteiger charge is -2.22. The van der Waals surface area contributed by atoms with Crippen LogP contribution in [0.3, 0.4) is 0 Å². The van der Waals surface area contributed by atoms with Crippen molar-refractivity contribution < 1.29 is 4.74 Å². The van der Waals surface area contributed by atoms with Gasteiger partial charge in [-0.2, -0.15) is 5.26 Å². The number of hydrogen-bond donors (Lipinski definition) is 2. The zero-order valence-electron chi connectivity index (χ0n) is 13.7. The number of dihydropyridines is 1. The van der Waals surface area contributed by atoms with Crippen LogP contribution in [0.15, 0.2) is 36.3 Å². The summed E-state index contributed by atoms with van der Waals surface area (Å²) in [5, 5.41) is 16.0. The maximum atomic E-state index is 9.58. The van der Waals surface area contributed by atoms with Crippen molar-refractivity contribution in [2.24, 2.45) is 5.92 Å². The van der Waals surface area contributed by atoms with E-state index in [0.717, 1.165) is 43.9 Å². The third-order valence-corrected chi connectivity index (χ3v) is 4.19. The first-order valence-corrected chi connectivity index (χ1v) is 8.17. The number of rotatable bonds is 4. The molecule has 3 heterocycles. The van der Waals surface area contributed by atoms with Crippen molar-refractivity contribution in [3.8, 4) is 6.07 Å². The molecule has 1 saturated heterocycles. The van der Waals surface area contributed by atoms with Crippen LogP contribution in [0.1, 0.15) is 24.1 Å². The number of nitrogens with zero attached hydrogens (tertiary/aromatic N) is 3. The molecule has 1 aromatic heterocycles. The number of nitrogens with one attached hydrogen (secondary N) is 2. The van der Waals surface area contributed by atoms with Crippen molar-refractivity contribution in [1.82, 2.24) is 15.3 Å². The summed E-state index contributed by atoms with van der Waals surface area (Å²) in [6.45, 7) is 4.38. The third-order valence-electron chi connectivity index (χ3n) is 4.19. The van der Waals surface area contributed by atoms with Gasteiger partial charge in [-0.1, -0.05) is 6.08 Å². The van der Waals surface area contributed by atoms with Gasteiger partial charge in [0.15, 0.2) is 0 Å². The number of hydrogen-bond acceptors (Lipinski definition) is 6. The maximum absolute atomic E-state index is 9.58. The van der Waals surface area contributed by atoms with E-state index in [1.807, 2.05) is 25.2 Å². The van der Waals surface area contributed by atoms with Gasteiger partial charge in [0.05, 0.1) is 11.4 Å². The molecule has 1 fully saturated rings. The number of nitriles is 1. The Morgan fingerprint density at radius 3 is 2.96 bits per heavy atom. The lowest BCUT2D eigenvalue weighted by Crippen LogP contribution is -2.23. The van der Waals surface area contributed by atoms with E-state index < -0.39 is 0 Å². The van der Waals surface area contributed by atoms with Crippen LogP contribution in [0.4, 0.5) is 5.95 Å². The number of ether oxygens (including phenoxy) is 1. The van der Waals surface area contributed by atoms with Gasteiger partial charge in [0, 0.05) is 32.2 Å². The number of aryl methyl sites for hydroxylation is 1. The molecule has 0 atom stereocenters. The summed E-state index contributed by atoms with van der Waals surface area (Å²) >= 11 is 0. The summed E-state index contributed by atoms with van der Waals surface area (Å²) in [7, 11) is 0. The van der Waals surface area contributed by atoms with E-state index >= 15 is 0 Å². The molecule has 6 heteroatoms. The molecular weight excluding hydrogens is 302 g/mol. The average Bonchev–Trinajstić information content (AvgIpc) is 2.64. The van der Waals surface area contributed by atoms with Gasteiger partial charge in [-0.05, 0) is 43.4 Å². The largest absolute Gasteiger partial charge is 0.381 e. The Bertz CT molecular complexity index is 723. The van der Waals surface area contributed by atoms with Gasteiger partial charge in [0.1, 0.15) is 11.6 Å². The minimum Gasteiger partial charge on any atom is -0.381 e. The van der Waals surface area contributed by atoms with E-state index in [1.165, 1.54) is 0 Å². The fourth-order valence-electron chi connectivity index (χ4n) is 2.76. The van der Waals surface area contributed by atoms with Crippen molar-refractivity contribution in [3.05, 3.63) is 47.6 Å². The molecule has 1 aromatic rings. The third kappa shape index (κ3) is 3.81. The second-order valence-electron chi connectivity index (χ2n) is 5.92. The van der Waals surface area contributed by atoms with Crippen molar-refractivity contribution in [2.45, 2.75) is 19.8 Å². The van der Waals surface area contributed by atoms with Crippen LogP contribution in [0.5, 0.6) is 0 Å². The molecule has 2 aliphatic heterocycles. The summed E-state index contributed by atoms with van der Waals surface area (Å²) in [5.41, 5.74) is 2.80. The van der Waals surface area contributed by atoms with Gasteiger partial charge in [-0.15, -0.1) is 0 Å². The van der Waals surface area contributed by atoms with Gasteiger partial charge < -0.3 is 15.4 Å². The smallest absolute Gasteiger partial charge is 0.223 e. The number of anilines is 1. The average molecular weight is 323 g/mol. The van der Waals surface area contributed by atoms with Gasteiger partial charge in [0.2, 0.25) is 5.95 Å². The quantitative estimate of drug-likeness (QED) is 0.829. The fourth-order valence-corrected chi connectivity index (χ4v) is 2.76. The topological polar surface area (TPSA) is 82.9 Å². The number of allylic oxidation sites excluding steroid dienone is 4. The Morgan fingerprint density at radius 2 is 2.25 bits per heavy atom. The van der Waals surface area contributed by atoms with E-state index in [2.05, 4.69) is 26.7 Å². The second kappa shape index (κ2) is 7.75. The molecule has 0 aromatic carbocycles. The van der Waals surface area contributed by atoms with Gasteiger partial charge in [-0.3, -0.25) is 0 Å². The summed E-state index contributed by atoms with van der Waals surface area (Å²) in [5.74, 6) is 1.14. The highest BCUT2D eigenvalue weighted by molar-refractivity contribution is 5.80. The van der Waals surface area contributed by atoms with Gasteiger partial charge in [-0.25, -0.2) is 9.97 Å². The molecule has 0 aliphatic carbocycles. The summed E-state index contributed by atoms with van der Waals surface area (Å²) in [4.78, 5) is 8.92. The molecule has 6 nitrogen and oxygen atoms in total. The van der Waals surface area contributed by atoms with Crippen molar-refractivity contribution in [1.29, 1.82) is 5.26 Å². The minimum atomic E-state index is 0.518. The normalized spacial score (nSPS) is 19.5. The molecule has 0 saturated carbocycles. The molecule has 0 bridgehead atoms. The summed E-state index contributed by atoms with van der Waals surface area (Å²) in [6, 6.07) is 2.26. The lowest BCUT2D eigenvalue weighted by atomic mass is 10.0. The van der Waals surface area contributed by atoms with Crippen molar-refractivity contribution in [2.75, 3.05) is 25.1 Å². The highest BCUT2D eigenvalue weighted by atomic mass is 16.5. The van der Waals surface area contributed by atoms with E-state index in [-0.39, 0.29) is 0 Å². The Labute approximate surface area is 142 Å². The maximum Gasteiger partial charge on any atom is 0.223 e. The van der Waals surface area contributed by atoms with Crippen LogP contribution in [0.25, 0.3) is 5.57 Å². The van der Waals surface area contributed by atoms with Crippen LogP contribution >= 0.6 is 0 Å². The molecule has 124 valence electrons. The Balaban J connectivity index is 1.79. The first kappa shape index (κ1) is 16.2. The Kier molecular flexibility index (Phi) is 5.24. The molecule has 0 unspecified atom stereocenters. The fraction of sp³-hybridized carbons (Fsp3) is 0.389. The molecule has 2 aliphatic rings. The summed E-state index contributed by atoms with van der Waals surface area (Å²) < 4.78 is 5.38. The molecule has 2 N–H and O–H groups in total. The molecule has 0 spiro atoms. The van der Waals surface area contributed by atoms with Crippen molar-refractivity contribution in [3.63, 3.8) is 0 Å². The van der Waals surface area contributed by atoms with Crippen LogP contribution in [-0.4, -0.2) is 29.7 Å². The predicted molar refractivity (Wildman–Crippen MR) is 92.8 cm³/mol. The highest BCUT2D eigenvalue weighted by Gasteiger charge is 2.16. The predicted octanol–water partition coefficient (Wildman–Crippen LogP) is 2.53. The second-order valence-corrected chi connectivity index (χ2v) is 5.92. The Hall–Kier alpha value is -2.65. The van der Waals surface area contributed by atoms with E-state index in [1.54, 1.807) is 12.4 Å². The van der Waals surface area contributed by atoms with E-state index in [4.69, 9.17) is 4.74 Å². The molecule has 3 rings (SSSR count). The molecule has 0 amide bonds. The first-order valence-electron chi connectivity index (χ1n) is 8.17. The minimum absolute atomic E-state index is 0.518. The first-order chi connectivity index (χ1) is 11.8. The molecular formula is C18H21N5O. The standard InChI is InChI=1S/C18H21N5O/c1-13-11-21-18(22-12-14-5-8-24-9-6-14)23-17(13)15(10-19)16-4-2-3-7-20-16/h2-4,7,11,14,20H,5-6,8-9,12H2,1H3,(H,21,22,23)/b16-15-. The summed E-state index contributed by atoms with van der Waals surface area (Å²) in [6.07, 6.45) is 11.3. The van der Waals surface area contributed by atoms with Crippen LogP contribution in [-0.2, 0) is 4.74 Å². The lowest BCUT2D eigenvalue weighted by molar-refractivity contribution is 0.0699. The van der Waals surface area contributed by atoms with E-state index in [0.29, 0.717) is 23.1 Å². The highest BCUT2D eigenvalue weighted by Crippen LogP contribution is 2.22.